The molecule has 1 aromatic rings. The largest absolute Gasteiger partial charge is 0.477 e. The van der Waals surface area contributed by atoms with Gasteiger partial charge in [0.1, 0.15) is 4.34 Å². The molecule has 1 N–H and O–H groups in total. The summed E-state index contributed by atoms with van der Waals surface area (Å²) in [6, 6.07) is 0. The van der Waals surface area contributed by atoms with Crippen molar-refractivity contribution in [2.45, 2.75) is 0 Å². The number of hydrogen-bond acceptors (Lipinski definition) is 2. The first kappa shape index (κ1) is 9.21. The monoisotopic (exact) mass is 306 g/mol. The first-order valence-corrected chi connectivity index (χ1v) is 4.68. The topological polar surface area (TPSA) is 37.3 Å². The highest BCUT2D eigenvalue weighted by atomic mass is 127. The Morgan fingerprint density at radius 3 is 2.45 bits per heavy atom. The van der Waals surface area contributed by atoms with Crippen LogP contribution in [0.1, 0.15) is 9.67 Å². The van der Waals surface area contributed by atoms with Crippen molar-refractivity contribution in [2.24, 2.45) is 0 Å². The van der Waals surface area contributed by atoms with Crippen LogP contribution in [0.4, 0.5) is 4.39 Å². The molecule has 0 aromatic carbocycles. The second-order valence-electron chi connectivity index (χ2n) is 1.64. The summed E-state index contributed by atoms with van der Waals surface area (Å²) in [6.45, 7) is 0. The Morgan fingerprint density at radius 1 is 1.73 bits per heavy atom. The molecule has 0 atom stereocenters. The van der Waals surface area contributed by atoms with Gasteiger partial charge >= 0.3 is 5.97 Å². The fraction of sp³-hybridized carbons (Fsp3) is 0. The smallest absolute Gasteiger partial charge is 0.349 e. The van der Waals surface area contributed by atoms with Crippen LogP contribution in [0.3, 0.4) is 0 Å². The molecule has 0 bridgehead atoms. The maximum absolute atomic E-state index is 12.8. The summed E-state index contributed by atoms with van der Waals surface area (Å²) >= 11 is 7.88. The highest BCUT2D eigenvalue weighted by molar-refractivity contribution is 14.1. The van der Waals surface area contributed by atoms with E-state index in [1.54, 1.807) is 22.6 Å². The Hall–Kier alpha value is 0.120. The number of carboxylic acids is 1. The number of carboxylic acid groups (broad SMARTS) is 1. The van der Waals surface area contributed by atoms with Crippen molar-refractivity contribution in [1.29, 1.82) is 0 Å². The zero-order chi connectivity index (χ0) is 8.59. The normalized spacial score (nSPS) is 10.1. The Kier molecular flexibility index (Phi) is 2.71. The van der Waals surface area contributed by atoms with Gasteiger partial charge in [0, 0.05) is 0 Å². The summed E-state index contributed by atoms with van der Waals surface area (Å²) in [6.07, 6.45) is 0. The highest BCUT2D eigenvalue weighted by Crippen LogP contribution is 2.32. The van der Waals surface area contributed by atoms with Crippen LogP contribution >= 0.6 is 45.5 Å². The number of carbonyl (C=O) groups is 1. The summed E-state index contributed by atoms with van der Waals surface area (Å²) in [4.78, 5) is 9.96. The molecule has 0 aliphatic heterocycles. The third-order valence-electron chi connectivity index (χ3n) is 0.951. The fourth-order valence-corrected chi connectivity index (χ4v) is 2.24. The number of rotatable bonds is 1. The van der Waals surface area contributed by atoms with Crippen LogP contribution in [0.15, 0.2) is 0 Å². The lowest BCUT2D eigenvalue weighted by atomic mass is 10.4. The van der Waals surface area contributed by atoms with Gasteiger partial charge in [0.25, 0.3) is 0 Å². The van der Waals surface area contributed by atoms with Gasteiger partial charge in [-0.05, 0) is 22.6 Å². The third-order valence-corrected chi connectivity index (χ3v) is 4.01. The summed E-state index contributed by atoms with van der Waals surface area (Å²) in [5.41, 5.74) is 0. The second kappa shape index (κ2) is 3.24. The van der Waals surface area contributed by atoms with E-state index < -0.39 is 11.8 Å². The van der Waals surface area contributed by atoms with Gasteiger partial charge in [0.15, 0.2) is 10.7 Å². The summed E-state index contributed by atoms with van der Waals surface area (Å²) in [5.74, 6) is -2.02. The zero-order valence-corrected chi connectivity index (χ0v) is 8.63. The van der Waals surface area contributed by atoms with Crippen LogP contribution in [0, 0.1) is 9.39 Å². The third kappa shape index (κ3) is 1.65. The van der Waals surface area contributed by atoms with Crippen LogP contribution < -0.4 is 0 Å². The standard InChI is InChI=1S/C5HClFIO2S/c6-4-2(8)1(7)3(11-4)5(9)10/h(H,9,10). The van der Waals surface area contributed by atoms with Gasteiger partial charge in [-0.15, -0.1) is 11.3 Å². The number of thiophene rings is 1. The lowest BCUT2D eigenvalue weighted by Crippen LogP contribution is -1.95. The Bertz CT molecular complexity index is 312. The molecule has 60 valence electrons. The molecule has 2 nitrogen and oxygen atoms in total. The van der Waals surface area contributed by atoms with Crippen molar-refractivity contribution < 1.29 is 14.3 Å². The molecule has 0 aliphatic rings. The number of halogens is 3. The van der Waals surface area contributed by atoms with E-state index in [0.717, 1.165) is 11.3 Å². The van der Waals surface area contributed by atoms with E-state index in [0.29, 0.717) is 0 Å². The molecule has 0 saturated heterocycles. The predicted octanol–water partition coefficient (Wildman–Crippen LogP) is 2.84. The van der Waals surface area contributed by atoms with E-state index in [2.05, 4.69) is 0 Å². The van der Waals surface area contributed by atoms with Crippen molar-refractivity contribution in [1.82, 2.24) is 0 Å². The van der Waals surface area contributed by atoms with Crippen LogP contribution in [-0.4, -0.2) is 11.1 Å². The average Bonchev–Trinajstić information content (AvgIpc) is 2.17. The van der Waals surface area contributed by atoms with Gasteiger partial charge in [-0.2, -0.15) is 0 Å². The molecule has 0 amide bonds. The van der Waals surface area contributed by atoms with E-state index >= 15 is 0 Å². The van der Waals surface area contributed by atoms with Gasteiger partial charge in [-0.3, -0.25) is 0 Å². The molecule has 0 unspecified atom stereocenters. The summed E-state index contributed by atoms with van der Waals surface area (Å²) in [5, 5.41) is 8.41. The Balaban J connectivity index is 3.29. The first-order valence-electron chi connectivity index (χ1n) is 2.40. The minimum absolute atomic E-state index is 0.173. The van der Waals surface area contributed by atoms with Crippen LogP contribution in [0.2, 0.25) is 4.34 Å². The lowest BCUT2D eigenvalue weighted by molar-refractivity contribution is 0.0697. The second-order valence-corrected chi connectivity index (χ2v) is 4.34. The molecule has 0 spiro atoms. The van der Waals surface area contributed by atoms with Crippen LogP contribution in [0.25, 0.3) is 0 Å². The maximum Gasteiger partial charge on any atom is 0.349 e. The fourth-order valence-electron chi connectivity index (χ4n) is 0.503. The van der Waals surface area contributed by atoms with Crippen molar-refractivity contribution >= 4 is 51.5 Å². The maximum atomic E-state index is 12.8. The predicted molar refractivity (Wildman–Crippen MR) is 49.0 cm³/mol. The van der Waals surface area contributed by atoms with Crippen molar-refractivity contribution in [3.63, 3.8) is 0 Å². The number of aromatic carboxylic acids is 1. The van der Waals surface area contributed by atoms with E-state index in [1.807, 2.05) is 0 Å². The molecule has 0 radical (unpaired) electrons. The molecule has 0 aliphatic carbocycles. The molecule has 0 saturated carbocycles. The molecule has 6 heteroatoms. The van der Waals surface area contributed by atoms with Crippen molar-refractivity contribution in [2.75, 3.05) is 0 Å². The average molecular weight is 306 g/mol. The van der Waals surface area contributed by atoms with Gasteiger partial charge in [0.05, 0.1) is 3.57 Å². The molecular formula is C5HClFIO2S. The minimum atomic E-state index is -1.28. The van der Waals surface area contributed by atoms with Gasteiger partial charge < -0.3 is 5.11 Å². The van der Waals surface area contributed by atoms with E-state index in [-0.39, 0.29) is 12.8 Å². The van der Waals surface area contributed by atoms with Crippen LogP contribution in [-0.2, 0) is 0 Å². The van der Waals surface area contributed by atoms with Gasteiger partial charge in [0.2, 0.25) is 0 Å². The molecular weight excluding hydrogens is 305 g/mol. The Labute approximate surface area is 84.1 Å². The summed E-state index contributed by atoms with van der Waals surface area (Å²) < 4.78 is 13.2. The first-order chi connectivity index (χ1) is 5.04. The lowest BCUT2D eigenvalue weighted by Gasteiger charge is -1.84. The molecule has 11 heavy (non-hydrogen) atoms. The molecule has 1 rings (SSSR count). The molecule has 0 fully saturated rings. The SMILES string of the molecule is O=C(O)c1sc(Cl)c(I)c1F. The van der Waals surface area contributed by atoms with Gasteiger partial charge in [-0.1, -0.05) is 11.6 Å². The van der Waals surface area contributed by atoms with E-state index in [4.69, 9.17) is 16.7 Å². The highest BCUT2D eigenvalue weighted by Gasteiger charge is 2.19. The van der Waals surface area contributed by atoms with Crippen molar-refractivity contribution in [3.05, 3.63) is 18.6 Å². The number of hydrogen-bond donors (Lipinski definition) is 1. The minimum Gasteiger partial charge on any atom is -0.477 e. The van der Waals surface area contributed by atoms with Gasteiger partial charge in [-0.25, -0.2) is 9.18 Å². The van der Waals surface area contributed by atoms with E-state index in [9.17, 15) is 9.18 Å². The Morgan fingerprint density at radius 2 is 2.27 bits per heavy atom. The molecule has 1 heterocycles. The van der Waals surface area contributed by atoms with Crippen LogP contribution in [0.5, 0.6) is 0 Å². The van der Waals surface area contributed by atoms with Crippen molar-refractivity contribution in [3.8, 4) is 0 Å². The zero-order valence-electron chi connectivity index (χ0n) is 4.90. The summed E-state index contributed by atoms with van der Waals surface area (Å²) in [7, 11) is 0. The quantitative estimate of drug-likeness (QED) is 0.810. The van der Waals surface area contributed by atoms with E-state index in [1.165, 1.54) is 0 Å². The molecule has 1 aromatic heterocycles.